The Balaban J connectivity index is 0.00000288. The monoisotopic (exact) mass is 448 g/mol. The van der Waals surface area contributed by atoms with E-state index < -0.39 is 0 Å². The van der Waals surface area contributed by atoms with Gasteiger partial charge in [-0.3, -0.25) is 9.89 Å². The van der Waals surface area contributed by atoms with E-state index >= 15 is 0 Å². The zero-order valence-corrected chi connectivity index (χ0v) is 17.8. The van der Waals surface area contributed by atoms with Gasteiger partial charge in [-0.1, -0.05) is 20.8 Å². The minimum Gasteiger partial charge on any atom is -0.468 e. The van der Waals surface area contributed by atoms with E-state index in [1.54, 1.807) is 6.26 Å². The summed E-state index contributed by atoms with van der Waals surface area (Å²) in [6, 6.07) is 4.27. The molecule has 6 heteroatoms. The van der Waals surface area contributed by atoms with Crippen LogP contribution in [-0.4, -0.2) is 55.5 Å². The lowest BCUT2D eigenvalue weighted by atomic mass is 10.0. The molecule has 2 heterocycles. The van der Waals surface area contributed by atoms with E-state index in [9.17, 15) is 0 Å². The molecule has 1 N–H and O–H groups in total. The van der Waals surface area contributed by atoms with Gasteiger partial charge >= 0.3 is 0 Å². The number of likely N-dealkylation sites (tertiary alicyclic amines) is 1. The first kappa shape index (κ1) is 21.3. The Morgan fingerprint density at radius 2 is 2.21 bits per heavy atom. The summed E-state index contributed by atoms with van der Waals surface area (Å²) >= 11 is 0. The van der Waals surface area contributed by atoms with Crippen LogP contribution < -0.4 is 5.32 Å². The minimum atomic E-state index is 0. The van der Waals surface area contributed by atoms with Gasteiger partial charge in [-0.05, 0) is 44.0 Å². The van der Waals surface area contributed by atoms with Crippen LogP contribution in [0.2, 0.25) is 0 Å². The van der Waals surface area contributed by atoms with Crippen LogP contribution in [0.25, 0.3) is 0 Å². The van der Waals surface area contributed by atoms with Crippen LogP contribution in [0.3, 0.4) is 0 Å². The predicted molar refractivity (Wildman–Crippen MR) is 111 cm³/mol. The molecule has 1 aliphatic heterocycles. The molecule has 0 amide bonds. The summed E-state index contributed by atoms with van der Waals surface area (Å²) in [5.74, 6) is 2.77. The molecular formula is C18H33IN4O. The summed E-state index contributed by atoms with van der Waals surface area (Å²) in [5.41, 5.74) is 0. The Hall–Kier alpha value is -0.760. The third-order valence-electron chi connectivity index (χ3n) is 4.75. The van der Waals surface area contributed by atoms with E-state index in [1.165, 1.54) is 12.8 Å². The molecule has 0 spiro atoms. The summed E-state index contributed by atoms with van der Waals surface area (Å²) in [6.45, 7) is 11.7. The highest BCUT2D eigenvalue weighted by Crippen LogP contribution is 2.21. The molecule has 24 heavy (non-hydrogen) atoms. The van der Waals surface area contributed by atoms with Crippen molar-refractivity contribution in [2.24, 2.45) is 10.9 Å². The number of furan rings is 1. The van der Waals surface area contributed by atoms with Gasteiger partial charge in [-0.15, -0.1) is 24.0 Å². The fraction of sp³-hybridized carbons (Fsp3) is 0.722. The first-order valence-corrected chi connectivity index (χ1v) is 8.92. The second kappa shape index (κ2) is 11.0. The van der Waals surface area contributed by atoms with Crippen molar-refractivity contribution in [2.75, 3.05) is 39.8 Å². The molecule has 138 valence electrons. The zero-order chi connectivity index (χ0) is 16.7. The molecule has 2 atom stereocenters. The van der Waals surface area contributed by atoms with Crippen LogP contribution in [-0.2, 0) is 0 Å². The number of rotatable bonds is 6. The number of nitrogens with zero attached hydrogens (tertiary/aromatic N) is 3. The van der Waals surface area contributed by atoms with E-state index in [-0.39, 0.29) is 30.0 Å². The summed E-state index contributed by atoms with van der Waals surface area (Å²) in [6.07, 6.45) is 4.33. The molecule has 2 unspecified atom stereocenters. The van der Waals surface area contributed by atoms with Crippen LogP contribution in [0, 0.1) is 5.92 Å². The van der Waals surface area contributed by atoms with Crippen LogP contribution in [0.5, 0.6) is 0 Å². The van der Waals surface area contributed by atoms with Crippen LogP contribution >= 0.6 is 24.0 Å². The molecule has 0 radical (unpaired) electrons. The number of hydrogen-bond donors (Lipinski definition) is 1. The average Bonchev–Trinajstić information content (AvgIpc) is 3.09. The fourth-order valence-corrected chi connectivity index (χ4v) is 3.46. The molecule has 1 aromatic rings. The normalized spacial score (nSPS) is 20.0. The topological polar surface area (TPSA) is 44.0 Å². The number of piperidine rings is 1. The van der Waals surface area contributed by atoms with Crippen molar-refractivity contribution in [2.45, 2.75) is 39.7 Å². The standard InChI is InChI=1S/C18H32N4O.HI/c1-5-21(6-2)16(17-10-8-12-23-17)13-20-18(19-4)22-11-7-9-15(3)14-22;/h8,10,12,15-16H,5-7,9,11,13-14H2,1-4H3,(H,19,20);1H. The van der Waals surface area contributed by atoms with Crippen molar-refractivity contribution in [3.63, 3.8) is 0 Å². The SMILES string of the molecule is CCN(CC)C(CNC(=NC)N1CCCC(C)C1)c1ccco1.I. The van der Waals surface area contributed by atoms with Crippen LogP contribution in [0.1, 0.15) is 45.4 Å². The average molecular weight is 448 g/mol. The van der Waals surface area contributed by atoms with Crippen molar-refractivity contribution < 1.29 is 4.42 Å². The Labute approximate surface area is 163 Å². The van der Waals surface area contributed by atoms with Gasteiger partial charge in [0.2, 0.25) is 0 Å². The Morgan fingerprint density at radius 3 is 2.75 bits per heavy atom. The quantitative estimate of drug-likeness (QED) is 0.411. The Kier molecular flexibility index (Phi) is 9.73. The second-order valence-electron chi connectivity index (χ2n) is 6.37. The molecule has 0 aromatic carbocycles. The van der Waals surface area contributed by atoms with Gasteiger partial charge in [0.25, 0.3) is 0 Å². The van der Waals surface area contributed by atoms with Gasteiger partial charge in [0, 0.05) is 26.7 Å². The molecule has 0 bridgehead atoms. The summed E-state index contributed by atoms with van der Waals surface area (Å²) < 4.78 is 5.67. The summed E-state index contributed by atoms with van der Waals surface area (Å²) in [4.78, 5) is 9.29. The molecule has 2 rings (SSSR count). The third kappa shape index (κ3) is 5.65. The number of nitrogens with one attached hydrogen (secondary N) is 1. The Bertz CT molecular complexity index is 473. The van der Waals surface area contributed by atoms with Crippen molar-refractivity contribution >= 4 is 29.9 Å². The smallest absolute Gasteiger partial charge is 0.193 e. The highest BCUT2D eigenvalue weighted by Gasteiger charge is 2.23. The predicted octanol–water partition coefficient (Wildman–Crippen LogP) is 3.59. The number of likely N-dealkylation sites (N-methyl/N-ethyl adjacent to an activating group) is 1. The van der Waals surface area contributed by atoms with Crippen molar-refractivity contribution in [3.8, 4) is 0 Å². The summed E-state index contributed by atoms with van der Waals surface area (Å²) in [5, 5.41) is 3.57. The van der Waals surface area contributed by atoms with Gasteiger partial charge in [-0.25, -0.2) is 0 Å². The van der Waals surface area contributed by atoms with Crippen molar-refractivity contribution in [1.82, 2.24) is 15.1 Å². The number of aliphatic imine (C=N–C) groups is 1. The third-order valence-corrected chi connectivity index (χ3v) is 4.75. The van der Waals surface area contributed by atoms with Gasteiger partial charge in [0.05, 0.1) is 12.3 Å². The highest BCUT2D eigenvalue weighted by atomic mass is 127. The van der Waals surface area contributed by atoms with Crippen LogP contribution in [0.4, 0.5) is 0 Å². The van der Waals surface area contributed by atoms with Crippen molar-refractivity contribution in [3.05, 3.63) is 24.2 Å². The van der Waals surface area contributed by atoms with E-state index in [0.29, 0.717) is 0 Å². The summed E-state index contributed by atoms with van der Waals surface area (Å²) in [7, 11) is 1.88. The largest absolute Gasteiger partial charge is 0.468 e. The maximum absolute atomic E-state index is 5.67. The lowest BCUT2D eigenvalue weighted by Gasteiger charge is -2.35. The van der Waals surface area contributed by atoms with Crippen molar-refractivity contribution in [1.29, 1.82) is 0 Å². The first-order chi connectivity index (χ1) is 11.2. The maximum Gasteiger partial charge on any atom is 0.193 e. The second-order valence-corrected chi connectivity index (χ2v) is 6.37. The van der Waals surface area contributed by atoms with Gasteiger partial charge in [-0.2, -0.15) is 0 Å². The first-order valence-electron chi connectivity index (χ1n) is 8.92. The molecule has 5 nitrogen and oxygen atoms in total. The molecule has 1 aliphatic rings. The lowest BCUT2D eigenvalue weighted by molar-refractivity contribution is 0.190. The molecular weight excluding hydrogens is 415 g/mol. The molecule has 1 aromatic heterocycles. The van der Waals surface area contributed by atoms with Gasteiger partial charge < -0.3 is 14.6 Å². The number of guanidine groups is 1. The fourth-order valence-electron chi connectivity index (χ4n) is 3.46. The minimum absolute atomic E-state index is 0. The highest BCUT2D eigenvalue weighted by molar-refractivity contribution is 14.0. The van der Waals surface area contributed by atoms with E-state index in [2.05, 4.69) is 46.9 Å². The van der Waals surface area contributed by atoms with E-state index in [1.807, 2.05) is 13.1 Å². The maximum atomic E-state index is 5.67. The molecule has 1 saturated heterocycles. The Morgan fingerprint density at radius 1 is 1.46 bits per heavy atom. The van der Waals surface area contributed by atoms with Gasteiger partial charge in [0.1, 0.15) is 5.76 Å². The number of hydrogen-bond acceptors (Lipinski definition) is 3. The molecule has 1 fully saturated rings. The van der Waals surface area contributed by atoms with E-state index in [4.69, 9.17) is 4.42 Å². The van der Waals surface area contributed by atoms with E-state index in [0.717, 1.165) is 50.4 Å². The lowest BCUT2D eigenvalue weighted by Crippen LogP contribution is -2.48. The zero-order valence-electron chi connectivity index (χ0n) is 15.5. The van der Waals surface area contributed by atoms with Crippen LogP contribution in [0.15, 0.2) is 27.8 Å². The number of halogens is 1. The van der Waals surface area contributed by atoms with Gasteiger partial charge in [0.15, 0.2) is 5.96 Å². The molecule has 0 saturated carbocycles. The molecule has 0 aliphatic carbocycles.